The normalized spacial score (nSPS) is 12.2. The number of rotatable bonds is 2. The minimum absolute atomic E-state index is 0.154. The zero-order valence-electron chi connectivity index (χ0n) is 10.4. The molecule has 3 rings (SSSR count). The predicted molar refractivity (Wildman–Crippen MR) is 76.4 cm³/mol. The molecule has 0 saturated carbocycles. The van der Waals surface area contributed by atoms with Crippen LogP contribution in [-0.4, -0.2) is 12.7 Å². The maximum atomic E-state index is 12.1. The van der Waals surface area contributed by atoms with Crippen LogP contribution in [0.5, 0.6) is 11.5 Å². The molecule has 0 saturated heterocycles. The third kappa shape index (κ3) is 2.35. The van der Waals surface area contributed by atoms with E-state index in [2.05, 4.69) is 5.32 Å². The number of carbonyl (C=O) groups excluding carboxylic acids is 1. The maximum absolute atomic E-state index is 12.1. The van der Waals surface area contributed by atoms with E-state index in [4.69, 9.17) is 26.8 Å². The number of nitrogen functional groups attached to an aromatic ring is 1. The van der Waals surface area contributed by atoms with Crippen LogP contribution in [0.15, 0.2) is 36.4 Å². The molecular formula is C14H11ClN2O3. The van der Waals surface area contributed by atoms with Crippen molar-refractivity contribution in [2.75, 3.05) is 17.8 Å². The predicted octanol–water partition coefficient (Wildman–Crippen LogP) is 2.90. The zero-order chi connectivity index (χ0) is 14.1. The van der Waals surface area contributed by atoms with Gasteiger partial charge >= 0.3 is 0 Å². The quantitative estimate of drug-likeness (QED) is 0.834. The van der Waals surface area contributed by atoms with E-state index in [1.165, 1.54) is 0 Å². The highest BCUT2D eigenvalue weighted by atomic mass is 35.5. The number of halogens is 1. The Morgan fingerprint density at radius 3 is 2.50 bits per heavy atom. The Hall–Kier alpha value is -2.40. The lowest BCUT2D eigenvalue weighted by molar-refractivity contribution is 0.102. The number of hydrogen-bond acceptors (Lipinski definition) is 4. The van der Waals surface area contributed by atoms with Crippen molar-refractivity contribution in [1.29, 1.82) is 0 Å². The highest BCUT2D eigenvalue weighted by Gasteiger charge is 2.18. The molecule has 2 aromatic carbocycles. The summed E-state index contributed by atoms with van der Waals surface area (Å²) >= 11 is 6.09. The first kappa shape index (κ1) is 12.6. The summed E-state index contributed by atoms with van der Waals surface area (Å²) in [6.45, 7) is 0.154. The summed E-state index contributed by atoms with van der Waals surface area (Å²) in [7, 11) is 0. The SMILES string of the molecule is Nc1ccc(C(=O)Nc2cc3c(cc2Cl)OCO3)cc1. The molecule has 6 heteroatoms. The molecule has 0 aliphatic carbocycles. The molecule has 5 nitrogen and oxygen atoms in total. The van der Waals surface area contributed by atoms with Crippen molar-refractivity contribution in [1.82, 2.24) is 0 Å². The maximum Gasteiger partial charge on any atom is 0.255 e. The van der Waals surface area contributed by atoms with Gasteiger partial charge in [0.15, 0.2) is 11.5 Å². The molecule has 1 aliphatic rings. The van der Waals surface area contributed by atoms with Gasteiger partial charge in [0.05, 0.1) is 10.7 Å². The van der Waals surface area contributed by atoms with Crippen molar-refractivity contribution in [2.24, 2.45) is 0 Å². The molecule has 2 aromatic rings. The van der Waals surface area contributed by atoms with Gasteiger partial charge in [0, 0.05) is 23.4 Å². The largest absolute Gasteiger partial charge is 0.454 e. The van der Waals surface area contributed by atoms with Gasteiger partial charge in [-0.1, -0.05) is 11.6 Å². The minimum atomic E-state index is -0.272. The summed E-state index contributed by atoms with van der Waals surface area (Å²) in [4.78, 5) is 12.1. The van der Waals surface area contributed by atoms with E-state index in [-0.39, 0.29) is 12.7 Å². The van der Waals surface area contributed by atoms with E-state index in [1.54, 1.807) is 36.4 Å². The summed E-state index contributed by atoms with van der Waals surface area (Å²) in [5, 5.41) is 3.12. The average molecular weight is 291 g/mol. The molecule has 1 aliphatic heterocycles. The highest BCUT2D eigenvalue weighted by molar-refractivity contribution is 6.34. The van der Waals surface area contributed by atoms with E-state index in [0.717, 1.165) is 0 Å². The number of amides is 1. The number of anilines is 2. The van der Waals surface area contributed by atoms with Crippen LogP contribution in [-0.2, 0) is 0 Å². The number of ether oxygens (including phenoxy) is 2. The molecule has 102 valence electrons. The van der Waals surface area contributed by atoms with Crippen LogP contribution in [0, 0.1) is 0 Å². The van der Waals surface area contributed by atoms with Crippen molar-refractivity contribution < 1.29 is 14.3 Å². The Morgan fingerprint density at radius 2 is 1.80 bits per heavy atom. The topological polar surface area (TPSA) is 73.6 Å². The van der Waals surface area contributed by atoms with Crippen molar-refractivity contribution in [3.05, 3.63) is 47.0 Å². The van der Waals surface area contributed by atoms with Gasteiger partial charge in [-0.25, -0.2) is 0 Å². The standard InChI is InChI=1S/C14H11ClN2O3/c15-10-5-12-13(20-7-19-12)6-11(10)17-14(18)8-1-3-9(16)4-2-8/h1-6H,7,16H2,(H,17,18). The van der Waals surface area contributed by atoms with E-state index >= 15 is 0 Å². The molecule has 20 heavy (non-hydrogen) atoms. The molecule has 0 atom stereocenters. The lowest BCUT2D eigenvalue weighted by Gasteiger charge is -2.08. The van der Waals surface area contributed by atoms with Crippen molar-refractivity contribution in [3.8, 4) is 11.5 Å². The third-order valence-electron chi connectivity index (χ3n) is 2.88. The molecule has 1 amide bonds. The minimum Gasteiger partial charge on any atom is -0.454 e. The number of benzene rings is 2. The summed E-state index contributed by atoms with van der Waals surface area (Å²) < 4.78 is 10.5. The summed E-state index contributed by atoms with van der Waals surface area (Å²) in [6, 6.07) is 9.87. The second kappa shape index (κ2) is 4.94. The summed E-state index contributed by atoms with van der Waals surface area (Å²) in [5.41, 5.74) is 7.15. The fourth-order valence-electron chi connectivity index (χ4n) is 1.84. The van der Waals surface area contributed by atoms with Gasteiger partial charge in [0.25, 0.3) is 5.91 Å². The number of nitrogens with one attached hydrogen (secondary N) is 1. The van der Waals surface area contributed by atoms with Crippen LogP contribution in [0.25, 0.3) is 0 Å². The van der Waals surface area contributed by atoms with Gasteiger partial charge in [-0.15, -0.1) is 0 Å². The van der Waals surface area contributed by atoms with E-state index in [0.29, 0.717) is 33.5 Å². The van der Waals surface area contributed by atoms with Gasteiger partial charge in [-0.3, -0.25) is 4.79 Å². The van der Waals surface area contributed by atoms with Crippen LogP contribution >= 0.6 is 11.6 Å². The fourth-order valence-corrected chi connectivity index (χ4v) is 2.04. The third-order valence-corrected chi connectivity index (χ3v) is 3.20. The second-order valence-corrected chi connectivity index (χ2v) is 4.67. The summed E-state index contributed by atoms with van der Waals surface area (Å²) in [6.07, 6.45) is 0. The van der Waals surface area contributed by atoms with Crippen LogP contribution in [0.2, 0.25) is 5.02 Å². The van der Waals surface area contributed by atoms with Gasteiger partial charge in [0.2, 0.25) is 6.79 Å². The first-order valence-electron chi connectivity index (χ1n) is 5.89. The van der Waals surface area contributed by atoms with Crippen LogP contribution in [0.3, 0.4) is 0 Å². The van der Waals surface area contributed by atoms with E-state index < -0.39 is 0 Å². The first-order chi connectivity index (χ1) is 9.63. The highest BCUT2D eigenvalue weighted by Crippen LogP contribution is 2.39. The Bertz CT molecular complexity index is 671. The van der Waals surface area contributed by atoms with Crippen molar-refractivity contribution in [3.63, 3.8) is 0 Å². The number of nitrogens with two attached hydrogens (primary N) is 1. The van der Waals surface area contributed by atoms with Crippen molar-refractivity contribution >= 4 is 28.9 Å². The molecule has 0 fully saturated rings. The molecule has 3 N–H and O–H groups in total. The van der Waals surface area contributed by atoms with E-state index in [9.17, 15) is 4.79 Å². The zero-order valence-corrected chi connectivity index (χ0v) is 11.1. The van der Waals surface area contributed by atoms with Gasteiger partial charge < -0.3 is 20.5 Å². The second-order valence-electron chi connectivity index (χ2n) is 4.26. The average Bonchev–Trinajstić information content (AvgIpc) is 2.87. The molecule has 0 bridgehead atoms. The van der Waals surface area contributed by atoms with Gasteiger partial charge in [-0.2, -0.15) is 0 Å². The van der Waals surface area contributed by atoms with Crippen molar-refractivity contribution in [2.45, 2.75) is 0 Å². The number of carbonyl (C=O) groups is 1. The van der Waals surface area contributed by atoms with Gasteiger partial charge in [0.1, 0.15) is 0 Å². The van der Waals surface area contributed by atoms with Gasteiger partial charge in [-0.05, 0) is 24.3 Å². The monoisotopic (exact) mass is 290 g/mol. The first-order valence-corrected chi connectivity index (χ1v) is 6.27. The summed E-state index contributed by atoms with van der Waals surface area (Å²) in [5.74, 6) is 0.855. The van der Waals surface area contributed by atoms with Crippen LogP contribution in [0.1, 0.15) is 10.4 Å². The smallest absolute Gasteiger partial charge is 0.255 e. The fraction of sp³-hybridized carbons (Fsp3) is 0.0714. The van der Waals surface area contributed by atoms with Crippen LogP contribution < -0.4 is 20.5 Å². The molecular weight excluding hydrogens is 280 g/mol. The van der Waals surface area contributed by atoms with E-state index in [1.807, 2.05) is 0 Å². The lowest BCUT2D eigenvalue weighted by Crippen LogP contribution is -2.12. The molecule has 0 spiro atoms. The Morgan fingerprint density at radius 1 is 1.15 bits per heavy atom. The number of fused-ring (bicyclic) bond motifs is 1. The molecule has 0 aromatic heterocycles. The Labute approximate surface area is 120 Å². The van der Waals surface area contributed by atoms with Crippen LogP contribution in [0.4, 0.5) is 11.4 Å². The Kier molecular flexibility index (Phi) is 3.12. The molecule has 1 heterocycles. The number of hydrogen-bond donors (Lipinski definition) is 2. The molecule has 0 radical (unpaired) electrons. The lowest BCUT2D eigenvalue weighted by atomic mass is 10.2. The Balaban J connectivity index is 1.84. The molecule has 0 unspecified atom stereocenters.